The minimum absolute atomic E-state index is 0.257. The molecule has 1 aromatic carbocycles. The van der Waals surface area contributed by atoms with E-state index in [1.165, 1.54) is 12.1 Å². The Morgan fingerprint density at radius 2 is 2.06 bits per heavy atom. The Bertz CT molecular complexity index is 464. The molecule has 0 aliphatic carbocycles. The summed E-state index contributed by atoms with van der Waals surface area (Å²) in [6.07, 6.45) is 1.05. The van der Waals surface area contributed by atoms with Gasteiger partial charge in [0, 0.05) is 0 Å². The quantitative estimate of drug-likeness (QED) is 0.854. The summed E-state index contributed by atoms with van der Waals surface area (Å²) in [6, 6.07) is 6.20. The molecule has 0 spiro atoms. The van der Waals surface area contributed by atoms with Gasteiger partial charge in [0.25, 0.3) is 0 Å². The lowest BCUT2D eigenvalue weighted by atomic mass is 10.2. The highest BCUT2D eigenvalue weighted by Crippen LogP contribution is 2.08. The van der Waals surface area contributed by atoms with Gasteiger partial charge in [0.1, 0.15) is 11.5 Å². The standard InChI is InChI=1S/C11H12FN3O/c1-8(16)11-7-15(14-13-11)6-9-2-4-10(12)5-3-9/h2-5,7-8,16H,6H2,1H3/t8-/m0/s1. The summed E-state index contributed by atoms with van der Waals surface area (Å²) in [5.74, 6) is -0.257. The third-order valence-corrected chi connectivity index (χ3v) is 2.24. The molecule has 1 aromatic heterocycles. The van der Waals surface area contributed by atoms with Crippen molar-refractivity contribution in [2.24, 2.45) is 0 Å². The van der Waals surface area contributed by atoms with Gasteiger partial charge in [0.15, 0.2) is 0 Å². The summed E-state index contributed by atoms with van der Waals surface area (Å²) < 4.78 is 14.3. The number of rotatable bonds is 3. The van der Waals surface area contributed by atoms with Gasteiger partial charge in [-0.1, -0.05) is 17.3 Å². The van der Waals surface area contributed by atoms with Crippen LogP contribution in [-0.2, 0) is 6.54 Å². The van der Waals surface area contributed by atoms with E-state index in [1.54, 1.807) is 29.9 Å². The predicted octanol–water partition coefficient (Wildman–Crippen LogP) is 1.52. The Balaban J connectivity index is 2.11. The normalized spacial score (nSPS) is 12.7. The molecule has 1 N–H and O–H groups in total. The van der Waals surface area contributed by atoms with E-state index in [1.807, 2.05) is 0 Å². The highest BCUT2D eigenvalue weighted by atomic mass is 19.1. The van der Waals surface area contributed by atoms with Crippen LogP contribution in [-0.4, -0.2) is 20.1 Å². The highest BCUT2D eigenvalue weighted by Gasteiger charge is 2.06. The maximum atomic E-state index is 12.7. The van der Waals surface area contributed by atoms with Crippen molar-refractivity contribution in [3.63, 3.8) is 0 Å². The average Bonchev–Trinajstić information content (AvgIpc) is 2.70. The van der Waals surface area contributed by atoms with Gasteiger partial charge >= 0.3 is 0 Å². The molecule has 0 amide bonds. The fraction of sp³-hybridized carbons (Fsp3) is 0.273. The summed E-state index contributed by atoms with van der Waals surface area (Å²) in [7, 11) is 0. The minimum Gasteiger partial charge on any atom is -0.387 e. The van der Waals surface area contributed by atoms with Gasteiger partial charge in [-0.05, 0) is 24.6 Å². The van der Waals surface area contributed by atoms with E-state index in [0.717, 1.165) is 5.56 Å². The first-order valence-electron chi connectivity index (χ1n) is 4.97. The maximum Gasteiger partial charge on any atom is 0.123 e. The van der Waals surface area contributed by atoms with Crippen molar-refractivity contribution in [1.82, 2.24) is 15.0 Å². The molecule has 0 radical (unpaired) electrons. The number of nitrogens with zero attached hydrogens (tertiary/aromatic N) is 3. The third kappa shape index (κ3) is 2.43. The fourth-order valence-corrected chi connectivity index (χ4v) is 1.36. The van der Waals surface area contributed by atoms with Crippen LogP contribution in [0.4, 0.5) is 4.39 Å². The number of aliphatic hydroxyl groups excluding tert-OH is 1. The predicted molar refractivity (Wildman–Crippen MR) is 56.2 cm³/mol. The molecule has 0 aliphatic heterocycles. The molecule has 16 heavy (non-hydrogen) atoms. The number of aromatic nitrogens is 3. The van der Waals surface area contributed by atoms with E-state index in [0.29, 0.717) is 12.2 Å². The van der Waals surface area contributed by atoms with Gasteiger partial charge in [-0.15, -0.1) is 5.10 Å². The Hall–Kier alpha value is -1.75. The van der Waals surface area contributed by atoms with Crippen molar-refractivity contribution in [3.8, 4) is 0 Å². The van der Waals surface area contributed by atoms with Crippen molar-refractivity contribution < 1.29 is 9.50 Å². The number of benzene rings is 1. The molecule has 2 aromatic rings. The van der Waals surface area contributed by atoms with Crippen LogP contribution >= 0.6 is 0 Å². The topological polar surface area (TPSA) is 50.9 Å². The molecule has 1 atom stereocenters. The first-order chi connectivity index (χ1) is 7.65. The van der Waals surface area contributed by atoms with Crippen molar-refractivity contribution in [2.45, 2.75) is 19.6 Å². The fourth-order valence-electron chi connectivity index (χ4n) is 1.36. The molecule has 4 nitrogen and oxygen atoms in total. The lowest BCUT2D eigenvalue weighted by Crippen LogP contribution is -2.00. The van der Waals surface area contributed by atoms with E-state index >= 15 is 0 Å². The summed E-state index contributed by atoms with van der Waals surface area (Å²) >= 11 is 0. The second kappa shape index (κ2) is 4.40. The second-order valence-electron chi connectivity index (χ2n) is 3.64. The minimum atomic E-state index is -0.623. The molecular formula is C11H12FN3O. The van der Waals surface area contributed by atoms with Crippen molar-refractivity contribution in [1.29, 1.82) is 0 Å². The van der Waals surface area contributed by atoms with Crippen molar-refractivity contribution in [2.75, 3.05) is 0 Å². The first-order valence-corrected chi connectivity index (χ1v) is 4.97. The highest BCUT2D eigenvalue weighted by molar-refractivity contribution is 5.16. The van der Waals surface area contributed by atoms with Crippen LogP contribution in [0, 0.1) is 5.82 Å². The number of halogens is 1. The van der Waals surface area contributed by atoms with Crippen LogP contribution in [0.5, 0.6) is 0 Å². The van der Waals surface area contributed by atoms with E-state index in [9.17, 15) is 9.50 Å². The van der Waals surface area contributed by atoms with Crippen LogP contribution in [0.15, 0.2) is 30.5 Å². The van der Waals surface area contributed by atoms with Crippen molar-refractivity contribution in [3.05, 3.63) is 47.5 Å². The van der Waals surface area contributed by atoms with E-state index < -0.39 is 6.10 Å². The Kier molecular flexibility index (Phi) is 2.96. The molecule has 0 aliphatic rings. The number of hydrogen-bond acceptors (Lipinski definition) is 3. The van der Waals surface area contributed by atoms with E-state index in [4.69, 9.17) is 0 Å². The van der Waals surface area contributed by atoms with Gasteiger partial charge in [0.05, 0.1) is 18.8 Å². The van der Waals surface area contributed by atoms with E-state index in [-0.39, 0.29) is 5.82 Å². The second-order valence-corrected chi connectivity index (χ2v) is 3.64. The van der Waals surface area contributed by atoms with Crippen molar-refractivity contribution >= 4 is 0 Å². The largest absolute Gasteiger partial charge is 0.387 e. The zero-order valence-electron chi connectivity index (χ0n) is 8.84. The monoisotopic (exact) mass is 221 g/mol. The zero-order chi connectivity index (χ0) is 11.5. The molecule has 0 saturated carbocycles. The van der Waals surface area contributed by atoms with Crippen LogP contribution in [0.2, 0.25) is 0 Å². The molecule has 0 bridgehead atoms. The summed E-state index contributed by atoms with van der Waals surface area (Å²) in [5, 5.41) is 17.0. The van der Waals surface area contributed by atoms with Gasteiger partial charge in [0.2, 0.25) is 0 Å². The number of aliphatic hydroxyl groups is 1. The van der Waals surface area contributed by atoms with Gasteiger partial charge < -0.3 is 5.11 Å². The third-order valence-electron chi connectivity index (χ3n) is 2.24. The van der Waals surface area contributed by atoms with Crippen LogP contribution in [0.3, 0.4) is 0 Å². The first kappa shape index (κ1) is 10.8. The van der Waals surface area contributed by atoms with Crippen LogP contribution < -0.4 is 0 Å². The van der Waals surface area contributed by atoms with Gasteiger partial charge in [-0.25, -0.2) is 9.07 Å². The molecule has 1 heterocycles. The molecule has 0 fully saturated rings. The summed E-state index contributed by atoms with van der Waals surface area (Å²) in [6.45, 7) is 2.15. The Morgan fingerprint density at radius 3 is 2.62 bits per heavy atom. The average molecular weight is 221 g/mol. The Labute approximate surface area is 92.3 Å². The molecule has 2 rings (SSSR count). The smallest absolute Gasteiger partial charge is 0.123 e. The molecule has 0 unspecified atom stereocenters. The van der Waals surface area contributed by atoms with Gasteiger partial charge in [-0.2, -0.15) is 0 Å². The SMILES string of the molecule is C[C@H](O)c1cn(Cc2ccc(F)cc2)nn1. The Morgan fingerprint density at radius 1 is 1.38 bits per heavy atom. The maximum absolute atomic E-state index is 12.7. The van der Waals surface area contributed by atoms with Crippen LogP contribution in [0.1, 0.15) is 24.3 Å². The lowest BCUT2D eigenvalue weighted by molar-refractivity contribution is 0.194. The van der Waals surface area contributed by atoms with Crippen LogP contribution in [0.25, 0.3) is 0 Å². The van der Waals surface area contributed by atoms with Gasteiger partial charge in [-0.3, -0.25) is 0 Å². The lowest BCUT2D eigenvalue weighted by Gasteiger charge is -2.00. The number of hydrogen-bond donors (Lipinski definition) is 1. The summed E-state index contributed by atoms with van der Waals surface area (Å²) in [4.78, 5) is 0. The molecular weight excluding hydrogens is 209 g/mol. The molecule has 5 heteroatoms. The summed E-state index contributed by atoms with van der Waals surface area (Å²) in [5.41, 5.74) is 1.46. The zero-order valence-corrected chi connectivity index (χ0v) is 8.84. The molecule has 0 saturated heterocycles. The molecule has 84 valence electrons. The van der Waals surface area contributed by atoms with E-state index in [2.05, 4.69) is 10.3 Å².